The SMILES string of the molecule is CC(c1cc(F)ccc1F)N(C)C(=O)Nc1cnn(C(C)(C)C)c1. The van der Waals surface area contributed by atoms with Crippen molar-refractivity contribution in [2.45, 2.75) is 39.3 Å². The van der Waals surface area contributed by atoms with Crippen molar-refractivity contribution in [3.63, 3.8) is 0 Å². The van der Waals surface area contributed by atoms with E-state index in [0.29, 0.717) is 5.69 Å². The molecule has 0 aliphatic rings. The molecule has 1 aromatic heterocycles. The summed E-state index contributed by atoms with van der Waals surface area (Å²) < 4.78 is 28.9. The van der Waals surface area contributed by atoms with E-state index in [1.807, 2.05) is 20.8 Å². The predicted molar refractivity (Wildman–Crippen MR) is 88.8 cm³/mol. The minimum absolute atomic E-state index is 0.123. The highest BCUT2D eigenvalue weighted by Crippen LogP contribution is 2.24. The second-order valence-corrected chi connectivity index (χ2v) is 6.73. The van der Waals surface area contributed by atoms with Gasteiger partial charge in [0.15, 0.2) is 0 Å². The predicted octanol–water partition coefficient (Wildman–Crippen LogP) is 4.14. The summed E-state index contributed by atoms with van der Waals surface area (Å²) in [5.74, 6) is -1.09. The Hall–Kier alpha value is -2.44. The van der Waals surface area contributed by atoms with Gasteiger partial charge in [0, 0.05) is 18.8 Å². The number of benzene rings is 1. The van der Waals surface area contributed by atoms with Gasteiger partial charge in [0.05, 0.1) is 23.5 Å². The second kappa shape index (κ2) is 6.59. The van der Waals surface area contributed by atoms with Crippen LogP contribution < -0.4 is 5.32 Å². The van der Waals surface area contributed by atoms with E-state index in [2.05, 4.69) is 10.4 Å². The Balaban J connectivity index is 2.11. The fourth-order valence-corrected chi connectivity index (χ4v) is 2.19. The van der Waals surface area contributed by atoms with Gasteiger partial charge < -0.3 is 10.2 Å². The number of nitrogens with zero attached hydrogens (tertiary/aromatic N) is 3. The Kier molecular flexibility index (Phi) is 4.91. The molecule has 1 N–H and O–H groups in total. The minimum Gasteiger partial charge on any atom is -0.321 e. The number of amides is 2. The number of aromatic nitrogens is 2. The molecule has 1 aromatic carbocycles. The Morgan fingerprint density at radius 3 is 2.58 bits per heavy atom. The number of hydrogen-bond donors (Lipinski definition) is 1. The van der Waals surface area contributed by atoms with E-state index >= 15 is 0 Å². The minimum atomic E-state index is -0.627. The summed E-state index contributed by atoms with van der Waals surface area (Å²) in [6.45, 7) is 7.61. The molecule has 0 aliphatic heterocycles. The summed E-state index contributed by atoms with van der Waals surface area (Å²) in [6.07, 6.45) is 3.27. The molecule has 2 rings (SSSR count). The number of carbonyl (C=O) groups excluding carboxylic acids is 1. The standard InChI is InChI=1S/C17H22F2N4O/c1-11(14-8-12(18)6-7-15(14)19)22(5)16(24)21-13-9-20-23(10-13)17(2,3)4/h6-11H,1-5H3,(H,21,24). The lowest BCUT2D eigenvalue weighted by Gasteiger charge is -2.25. The number of carbonyl (C=O) groups is 1. The highest BCUT2D eigenvalue weighted by molar-refractivity contribution is 5.89. The van der Waals surface area contributed by atoms with Gasteiger partial charge in [-0.2, -0.15) is 5.10 Å². The van der Waals surface area contributed by atoms with Crippen LogP contribution in [0.2, 0.25) is 0 Å². The van der Waals surface area contributed by atoms with Crippen LogP contribution in [0.3, 0.4) is 0 Å². The molecule has 130 valence electrons. The van der Waals surface area contributed by atoms with Crippen LogP contribution in [0.15, 0.2) is 30.6 Å². The van der Waals surface area contributed by atoms with E-state index in [4.69, 9.17) is 0 Å². The summed E-state index contributed by atoms with van der Waals surface area (Å²) in [7, 11) is 1.53. The van der Waals surface area contributed by atoms with E-state index in [0.717, 1.165) is 18.2 Å². The molecule has 1 heterocycles. The van der Waals surface area contributed by atoms with Crippen molar-refractivity contribution < 1.29 is 13.6 Å². The molecular weight excluding hydrogens is 314 g/mol. The molecule has 0 radical (unpaired) electrons. The third-order valence-electron chi connectivity index (χ3n) is 3.83. The monoisotopic (exact) mass is 336 g/mol. The van der Waals surface area contributed by atoms with Crippen molar-refractivity contribution in [2.75, 3.05) is 12.4 Å². The first kappa shape index (κ1) is 17.9. The summed E-state index contributed by atoms with van der Waals surface area (Å²) in [5.41, 5.74) is 0.457. The van der Waals surface area contributed by atoms with E-state index < -0.39 is 23.7 Å². The van der Waals surface area contributed by atoms with Crippen LogP contribution in [0.25, 0.3) is 0 Å². The third kappa shape index (κ3) is 3.90. The maximum absolute atomic E-state index is 13.9. The van der Waals surface area contributed by atoms with Gasteiger partial charge in [-0.05, 0) is 45.9 Å². The molecule has 2 aromatic rings. The van der Waals surface area contributed by atoms with Crippen molar-refractivity contribution in [3.8, 4) is 0 Å². The second-order valence-electron chi connectivity index (χ2n) is 6.73. The fourth-order valence-electron chi connectivity index (χ4n) is 2.19. The molecule has 24 heavy (non-hydrogen) atoms. The van der Waals surface area contributed by atoms with Crippen LogP contribution >= 0.6 is 0 Å². The van der Waals surface area contributed by atoms with E-state index in [-0.39, 0.29) is 11.1 Å². The third-order valence-corrected chi connectivity index (χ3v) is 3.83. The average molecular weight is 336 g/mol. The molecule has 0 aliphatic carbocycles. The maximum atomic E-state index is 13.9. The summed E-state index contributed by atoms with van der Waals surface area (Å²) in [6, 6.07) is 2.15. The number of halogens is 2. The molecule has 7 heteroatoms. The Morgan fingerprint density at radius 1 is 1.33 bits per heavy atom. The van der Waals surface area contributed by atoms with Crippen LogP contribution in [0.5, 0.6) is 0 Å². The van der Waals surface area contributed by atoms with Crippen molar-refractivity contribution in [3.05, 3.63) is 47.8 Å². The van der Waals surface area contributed by atoms with Crippen LogP contribution in [0.1, 0.15) is 39.3 Å². The Morgan fingerprint density at radius 2 is 2.00 bits per heavy atom. The van der Waals surface area contributed by atoms with Gasteiger partial charge in [0.25, 0.3) is 0 Å². The number of urea groups is 1. The van der Waals surface area contributed by atoms with Crippen LogP contribution in [-0.2, 0) is 5.54 Å². The molecule has 0 spiro atoms. The smallest absolute Gasteiger partial charge is 0.321 e. The lowest BCUT2D eigenvalue weighted by Crippen LogP contribution is -2.34. The van der Waals surface area contributed by atoms with Gasteiger partial charge in [-0.3, -0.25) is 4.68 Å². The van der Waals surface area contributed by atoms with E-state index in [1.165, 1.54) is 11.9 Å². The number of nitrogens with one attached hydrogen (secondary N) is 1. The normalized spacial score (nSPS) is 12.8. The first-order valence-corrected chi connectivity index (χ1v) is 7.63. The van der Waals surface area contributed by atoms with Gasteiger partial charge in [-0.15, -0.1) is 0 Å². The van der Waals surface area contributed by atoms with Gasteiger partial charge >= 0.3 is 6.03 Å². The van der Waals surface area contributed by atoms with Crippen molar-refractivity contribution >= 4 is 11.7 Å². The van der Waals surface area contributed by atoms with Crippen LogP contribution in [0.4, 0.5) is 19.3 Å². The summed E-state index contributed by atoms with van der Waals surface area (Å²) in [4.78, 5) is 13.7. The number of rotatable bonds is 3. The molecule has 1 unspecified atom stereocenters. The quantitative estimate of drug-likeness (QED) is 0.916. The molecule has 0 bridgehead atoms. The zero-order valence-electron chi connectivity index (χ0n) is 14.5. The van der Waals surface area contributed by atoms with Crippen LogP contribution in [0, 0.1) is 11.6 Å². The zero-order valence-corrected chi connectivity index (χ0v) is 14.5. The lowest BCUT2D eigenvalue weighted by molar-refractivity contribution is 0.207. The van der Waals surface area contributed by atoms with Crippen molar-refractivity contribution in [1.29, 1.82) is 0 Å². The molecule has 2 amide bonds. The van der Waals surface area contributed by atoms with Crippen molar-refractivity contribution in [2.24, 2.45) is 0 Å². The van der Waals surface area contributed by atoms with Gasteiger partial charge in [-0.25, -0.2) is 13.6 Å². The molecular formula is C17H22F2N4O. The van der Waals surface area contributed by atoms with E-state index in [1.54, 1.807) is 24.0 Å². The number of hydrogen-bond acceptors (Lipinski definition) is 2. The average Bonchev–Trinajstić information content (AvgIpc) is 2.96. The molecule has 1 atom stereocenters. The lowest BCUT2D eigenvalue weighted by atomic mass is 10.1. The Bertz CT molecular complexity index is 736. The van der Waals surface area contributed by atoms with E-state index in [9.17, 15) is 13.6 Å². The molecule has 0 fully saturated rings. The largest absolute Gasteiger partial charge is 0.322 e. The van der Waals surface area contributed by atoms with Crippen molar-refractivity contribution in [1.82, 2.24) is 14.7 Å². The summed E-state index contributed by atoms with van der Waals surface area (Å²) >= 11 is 0. The van der Waals surface area contributed by atoms with Gasteiger partial charge in [0.2, 0.25) is 0 Å². The highest BCUT2D eigenvalue weighted by Gasteiger charge is 2.22. The molecule has 0 saturated heterocycles. The van der Waals surface area contributed by atoms with Crippen LogP contribution in [-0.4, -0.2) is 27.8 Å². The summed E-state index contributed by atoms with van der Waals surface area (Å²) in [5, 5.41) is 6.91. The first-order valence-electron chi connectivity index (χ1n) is 7.63. The fraction of sp³-hybridized carbons (Fsp3) is 0.412. The first-order chi connectivity index (χ1) is 11.1. The zero-order chi connectivity index (χ0) is 18.1. The highest BCUT2D eigenvalue weighted by atomic mass is 19.1. The topological polar surface area (TPSA) is 50.2 Å². The number of anilines is 1. The van der Waals surface area contributed by atoms with Gasteiger partial charge in [0.1, 0.15) is 11.6 Å². The molecule has 5 nitrogen and oxygen atoms in total. The molecule has 0 saturated carbocycles. The Labute approximate surface area is 140 Å². The van der Waals surface area contributed by atoms with Gasteiger partial charge in [-0.1, -0.05) is 0 Å². The maximum Gasteiger partial charge on any atom is 0.322 e.